The van der Waals surface area contributed by atoms with E-state index in [1.54, 1.807) is 0 Å². The molecule has 0 radical (unpaired) electrons. The van der Waals surface area contributed by atoms with Gasteiger partial charge in [-0.05, 0) is 51.4 Å². The number of esters is 1. The van der Waals surface area contributed by atoms with Crippen molar-refractivity contribution < 1.29 is 43.0 Å². The number of hydrogen-bond acceptors (Lipinski definition) is 8. The standard InChI is InChI=1S/C44H81O9P/c1-3-5-7-9-11-13-15-16-17-18-19-20-21-22-23-24-25-26-27-28-30-32-34-36-44(47)53-43(41-52-54(48,49)51-39-42(46)38-45)40-50-37-35-33-31-29-14-12-10-8-6-4-2/h5,7,11,13,16-17,19-20,42-43,45-46H,3-4,6,8-10,12,14-15,18,21-41H2,1-2H3,(H,48,49)/b7-5-,13-11-,17-16-,20-19-. The highest BCUT2D eigenvalue weighted by Gasteiger charge is 2.26. The van der Waals surface area contributed by atoms with E-state index >= 15 is 0 Å². The van der Waals surface area contributed by atoms with Gasteiger partial charge >= 0.3 is 13.8 Å². The third kappa shape index (κ3) is 40.1. The van der Waals surface area contributed by atoms with Crippen LogP contribution in [0.5, 0.6) is 0 Å². The van der Waals surface area contributed by atoms with Crippen molar-refractivity contribution in [2.75, 3.05) is 33.0 Å². The fraction of sp³-hybridized carbons (Fsp3) is 0.795. The Morgan fingerprint density at radius 3 is 1.59 bits per heavy atom. The smallest absolute Gasteiger partial charge is 0.457 e. The molecule has 3 atom stereocenters. The van der Waals surface area contributed by atoms with E-state index in [2.05, 4.69) is 62.5 Å². The van der Waals surface area contributed by atoms with Crippen molar-refractivity contribution in [3.63, 3.8) is 0 Å². The minimum absolute atomic E-state index is 0.0485. The minimum atomic E-state index is -4.51. The Morgan fingerprint density at radius 1 is 0.593 bits per heavy atom. The van der Waals surface area contributed by atoms with Crippen molar-refractivity contribution >= 4 is 13.8 Å². The molecule has 9 nitrogen and oxygen atoms in total. The van der Waals surface area contributed by atoms with Gasteiger partial charge in [0.25, 0.3) is 0 Å². The summed E-state index contributed by atoms with van der Waals surface area (Å²) in [5.41, 5.74) is 0. The number of ether oxygens (including phenoxy) is 2. The second-order valence-electron chi connectivity index (χ2n) is 14.3. The fourth-order valence-corrected chi connectivity index (χ4v) is 6.55. The zero-order valence-electron chi connectivity index (χ0n) is 34.4. The van der Waals surface area contributed by atoms with Gasteiger partial charge in [0, 0.05) is 13.0 Å². The van der Waals surface area contributed by atoms with Crippen LogP contribution in [0, 0.1) is 0 Å². The molecule has 0 bridgehead atoms. The van der Waals surface area contributed by atoms with Crippen LogP contribution < -0.4 is 0 Å². The summed E-state index contributed by atoms with van der Waals surface area (Å²) in [6.07, 6.45) is 45.0. The van der Waals surface area contributed by atoms with Crippen LogP contribution in [0.15, 0.2) is 48.6 Å². The number of unbranched alkanes of at least 4 members (excludes halogenated alkanes) is 19. The second kappa shape index (κ2) is 41.1. The van der Waals surface area contributed by atoms with Gasteiger partial charge in [-0.25, -0.2) is 4.57 Å². The maximum absolute atomic E-state index is 12.6. The molecular formula is C44H81O9P. The summed E-state index contributed by atoms with van der Waals surface area (Å²) in [4.78, 5) is 22.5. The number of allylic oxidation sites excluding steroid dienone is 8. The van der Waals surface area contributed by atoms with Gasteiger partial charge < -0.3 is 24.6 Å². The zero-order chi connectivity index (χ0) is 39.6. The lowest BCUT2D eigenvalue weighted by Gasteiger charge is -2.20. The Morgan fingerprint density at radius 2 is 1.06 bits per heavy atom. The first-order valence-electron chi connectivity index (χ1n) is 21.6. The van der Waals surface area contributed by atoms with E-state index in [0.29, 0.717) is 6.61 Å². The molecule has 0 aromatic heterocycles. The number of carbonyl (C=O) groups is 1. The first kappa shape index (κ1) is 52.4. The number of phosphoric ester groups is 1. The summed E-state index contributed by atoms with van der Waals surface area (Å²) in [6, 6.07) is 0. The Balaban J connectivity index is 4.08. The molecule has 0 amide bonds. The van der Waals surface area contributed by atoms with Crippen molar-refractivity contribution in [1.29, 1.82) is 0 Å². The monoisotopic (exact) mass is 785 g/mol. The molecule has 54 heavy (non-hydrogen) atoms. The molecule has 0 rings (SSSR count). The van der Waals surface area contributed by atoms with Crippen molar-refractivity contribution in [2.45, 2.75) is 193 Å². The van der Waals surface area contributed by atoms with Crippen LogP contribution in [0.3, 0.4) is 0 Å². The zero-order valence-corrected chi connectivity index (χ0v) is 35.3. The molecule has 0 aliphatic heterocycles. The number of aliphatic hydroxyl groups is 2. The summed E-state index contributed by atoms with van der Waals surface area (Å²) >= 11 is 0. The van der Waals surface area contributed by atoms with Gasteiger partial charge in [0.05, 0.1) is 26.4 Å². The van der Waals surface area contributed by atoms with Crippen LogP contribution in [0.1, 0.15) is 181 Å². The predicted octanol–water partition coefficient (Wildman–Crippen LogP) is 11.8. The molecule has 0 heterocycles. The quantitative estimate of drug-likeness (QED) is 0.0240. The normalized spacial score (nSPS) is 14.5. The summed E-state index contributed by atoms with van der Waals surface area (Å²) in [5, 5.41) is 18.3. The van der Waals surface area contributed by atoms with E-state index in [1.807, 2.05) is 0 Å². The molecule has 0 aliphatic rings. The van der Waals surface area contributed by atoms with Crippen LogP contribution >= 0.6 is 7.82 Å². The largest absolute Gasteiger partial charge is 0.472 e. The summed E-state index contributed by atoms with van der Waals surface area (Å²) < 4.78 is 33.3. The Hall–Kier alpha value is -1.58. The van der Waals surface area contributed by atoms with Crippen LogP contribution in [-0.4, -0.2) is 66.3 Å². The van der Waals surface area contributed by atoms with Gasteiger partial charge in [-0.3, -0.25) is 13.8 Å². The summed E-state index contributed by atoms with van der Waals surface area (Å²) in [7, 11) is -4.51. The molecule has 3 N–H and O–H groups in total. The molecule has 316 valence electrons. The van der Waals surface area contributed by atoms with Crippen molar-refractivity contribution in [3.05, 3.63) is 48.6 Å². The molecule has 0 aromatic rings. The van der Waals surface area contributed by atoms with Gasteiger partial charge in [0.1, 0.15) is 12.2 Å². The van der Waals surface area contributed by atoms with E-state index in [9.17, 15) is 19.4 Å². The Labute approximate surface area is 330 Å². The number of carbonyl (C=O) groups excluding carboxylic acids is 1. The fourth-order valence-electron chi connectivity index (χ4n) is 5.76. The van der Waals surface area contributed by atoms with Gasteiger partial charge in [-0.2, -0.15) is 0 Å². The predicted molar refractivity (Wildman–Crippen MR) is 223 cm³/mol. The lowest BCUT2D eigenvalue weighted by Crippen LogP contribution is -2.29. The van der Waals surface area contributed by atoms with Crippen molar-refractivity contribution in [2.24, 2.45) is 0 Å². The average Bonchev–Trinajstić information content (AvgIpc) is 3.16. The van der Waals surface area contributed by atoms with E-state index in [1.165, 1.54) is 83.5 Å². The number of rotatable bonds is 41. The van der Waals surface area contributed by atoms with Crippen LogP contribution in [0.4, 0.5) is 0 Å². The third-order valence-corrected chi connectivity index (χ3v) is 9.98. The highest BCUT2D eigenvalue weighted by molar-refractivity contribution is 7.47. The first-order valence-corrected chi connectivity index (χ1v) is 23.1. The molecular weight excluding hydrogens is 703 g/mol. The molecule has 0 aromatic carbocycles. The van der Waals surface area contributed by atoms with Gasteiger partial charge in [-0.15, -0.1) is 0 Å². The maximum atomic E-state index is 12.6. The van der Waals surface area contributed by atoms with E-state index in [0.717, 1.165) is 77.0 Å². The molecule has 0 aliphatic carbocycles. The van der Waals surface area contributed by atoms with E-state index < -0.39 is 33.2 Å². The maximum Gasteiger partial charge on any atom is 0.472 e. The van der Waals surface area contributed by atoms with Crippen LogP contribution in [-0.2, 0) is 27.9 Å². The number of hydrogen-bond donors (Lipinski definition) is 3. The molecule has 0 saturated carbocycles. The molecule has 0 saturated heterocycles. The number of phosphoric acid groups is 1. The lowest BCUT2D eigenvalue weighted by molar-refractivity contribution is -0.154. The minimum Gasteiger partial charge on any atom is -0.457 e. The van der Waals surface area contributed by atoms with Crippen LogP contribution in [0.25, 0.3) is 0 Å². The summed E-state index contributed by atoms with van der Waals surface area (Å²) in [5.74, 6) is -0.388. The second-order valence-corrected chi connectivity index (χ2v) is 15.8. The molecule has 0 fully saturated rings. The van der Waals surface area contributed by atoms with E-state index in [4.69, 9.17) is 23.6 Å². The van der Waals surface area contributed by atoms with Crippen LogP contribution in [0.2, 0.25) is 0 Å². The third-order valence-electron chi connectivity index (χ3n) is 9.03. The van der Waals surface area contributed by atoms with E-state index in [-0.39, 0.29) is 25.6 Å². The lowest BCUT2D eigenvalue weighted by atomic mass is 10.0. The van der Waals surface area contributed by atoms with Gasteiger partial charge in [0.2, 0.25) is 0 Å². The number of aliphatic hydroxyl groups excluding tert-OH is 2. The Bertz CT molecular complexity index is 981. The van der Waals surface area contributed by atoms with Crippen molar-refractivity contribution in [3.8, 4) is 0 Å². The Kier molecular flexibility index (Phi) is 39.9. The highest BCUT2D eigenvalue weighted by atomic mass is 31.2. The highest BCUT2D eigenvalue weighted by Crippen LogP contribution is 2.43. The topological polar surface area (TPSA) is 132 Å². The molecule has 10 heteroatoms. The average molecular weight is 785 g/mol. The first-order chi connectivity index (χ1) is 26.3. The van der Waals surface area contributed by atoms with Gasteiger partial charge in [0.15, 0.2) is 0 Å². The van der Waals surface area contributed by atoms with Crippen molar-refractivity contribution in [1.82, 2.24) is 0 Å². The summed E-state index contributed by atoms with van der Waals surface area (Å²) in [6.45, 7) is 3.40. The molecule has 3 unspecified atom stereocenters. The van der Waals surface area contributed by atoms with Gasteiger partial charge in [-0.1, -0.05) is 172 Å². The molecule has 0 spiro atoms. The SMILES string of the molecule is CC/C=C\C/C=C\C/C=C\C/C=C\CCCCCCCCCCCCC(=O)OC(COCCCCCCCCCCCC)COP(=O)(O)OCC(O)CO.